The summed E-state index contributed by atoms with van der Waals surface area (Å²) in [7, 11) is 0. The van der Waals surface area contributed by atoms with Gasteiger partial charge in [0.15, 0.2) is 5.78 Å². The van der Waals surface area contributed by atoms with E-state index in [-0.39, 0.29) is 24.4 Å². The Morgan fingerprint density at radius 2 is 1.76 bits per heavy atom. The number of aromatic carboxylic acids is 1. The van der Waals surface area contributed by atoms with Crippen LogP contribution in [0.5, 0.6) is 0 Å². The third-order valence-corrected chi connectivity index (χ3v) is 6.85. The first-order valence-electron chi connectivity index (χ1n) is 11.1. The van der Waals surface area contributed by atoms with Crippen LogP contribution in [-0.2, 0) is 20.7 Å². The molecule has 5 rings (SSSR count). The van der Waals surface area contributed by atoms with Crippen LogP contribution in [0.1, 0.15) is 21.7 Å². The van der Waals surface area contributed by atoms with Crippen molar-refractivity contribution in [1.82, 2.24) is 4.90 Å². The van der Waals surface area contributed by atoms with Crippen LogP contribution >= 0.6 is 11.3 Å². The Hall–Kier alpha value is -3.33. The molecule has 0 bridgehead atoms. The summed E-state index contributed by atoms with van der Waals surface area (Å²) in [5.41, 5.74) is 8.41. The van der Waals surface area contributed by atoms with Crippen molar-refractivity contribution in [3.05, 3.63) is 82.6 Å². The van der Waals surface area contributed by atoms with Crippen LogP contribution in [0.4, 0.5) is 0 Å². The number of likely N-dealkylation sites (tertiary alicyclic amines) is 1. The fourth-order valence-electron chi connectivity index (χ4n) is 4.22. The highest BCUT2D eigenvalue weighted by Crippen LogP contribution is 2.27. The average Bonchev–Trinajstić information content (AvgIpc) is 3.60. The smallest absolute Gasteiger partial charge is 0.335 e. The zero-order valence-corrected chi connectivity index (χ0v) is 19.3. The van der Waals surface area contributed by atoms with Gasteiger partial charge in [0.1, 0.15) is 12.6 Å². The fraction of sp³-hybridized carbons (Fsp3) is 0.269. The monoisotopic (exact) mass is 478 g/mol. The third kappa shape index (κ3) is 5.41. The summed E-state index contributed by atoms with van der Waals surface area (Å²) in [6.45, 7) is 0.692. The summed E-state index contributed by atoms with van der Waals surface area (Å²) in [6.07, 6.45) is 1.14. The van der Waals surface area contributed by atoms with Crippen LogP contribution in [0.25, 0.3) is 11.1 Å². The van der Waals surface area contributed by atoms with Crippen LogP contribution in [0.15, 0.2) is 72.1 Å². The standard InChI is InChI=1S/C13H16N2O3S.C13H10O2/c14-9(6-8-2-1-5-19-8)13(17)15-4-3-11-12(15)10(16)7-18-11;14-13(15)12-8-6-11(7-9-12)10-4-2-1-3-5-10/h1-2,5,9,11-12H,3-4,6-7,14H2;1-9H,(H,14,15). The summed E-state index contributed by atoms with van der Waals surface area (Å²) in [6, 6.07) is 19.7. The van der Waals surface area contributed by atoms with Gasteiger partial charge < -0.3 is 20.5 Å². The van der Waals surface area contributed by atoms with E-state index in [2.05, 4.69) is 0 Å². The maximum atomic E-state index is 12.4. The molecular formula is C26H26N2O5S. The lowest BCUT2D eigenvalue weighted by Gasteiger charge is -2.24. The number of thiophene rings is 1. The topological polar surface area (TPSA) is 110 Å². The molecule has 2 aromatic carbocycles. The number of ether oxygens (including phenoxy) is 1. The molecule has 2 saturated heterocycles. The molecule has 2 aliphatic rings. The maximum Gasteiger partial charge on any atom is 0.335 e. The van der Waals surface area contributed by atoms with Crippen molar-refractivity contribution < 1.29 is 24.2 Å². The molecule has 3 aromatic rings. The minimum absolute atomic E-state index is 0.000765. The SMILES string of the molecule is NC(Cc1cccs1)C(=O)N1CCC2OCC(=O)C21.O=C(O)c1ccc(-c2ccccc2)cc1. The number of carboxylic acid groups (broad SMARTS) is 1. The number of carbonyl (C=O) groups excluding carboxylic acids is 2. The van der Waals surface area contributed by atoms with Gasteiger partial charge in [0, 0.05) is 17.8 Å². The van der Waals surface area contributed by atoms with E-state index in [9.17, 15) is 14.4 Å². The summed E-state index contributed by atoms with van der Waals surface area (Å²) in [4.78, 5) is 37.5. The van der Waals surface area contributed by atoms with Crippen molar-refractivity contribution >= 4 is 29.0 Å². The Kier molecular flexibility index (Phi) is 7.52. The first kappa shape index (κ1) is 23.8. The van der Waals surface area contributed by atoms with Gasteiger partial charge in [0.25, 0.3) is 0 Å². The predicted molar refractivity (Wildman–Crippen MR) is 130 cm³/mol. The number of amides is 1. The van der Waals surface area contributed by atoms with Gasteiger partial charge in [-0.05, 0) is 41.1 Å². The van der Waals surface area contributed by atoms with Gasteiger partial charge in [-0.3, -0.25) is 9.59 Å². The Bertz CT molecular complexity index is 1130. The molecule has 3 heterocycles. The highest BCUT2D eigenvalue weighted by Gasteiger charge is 2.47. The van der Waals surface area contributed by atoms with E-state index in [4.69, 9.17) is 15.6 Å². The number of fused-ring (bicyclic) bond motifs is 1. The normalized spacial score (nSPS) is 19.8. The van der Waals surface area contributed by atoms with Gasteiger partial charge in [-0.25, -0.2) is 4.79 Å². The molecule has 3 atom stereocenters. The average molecular weight is 479 g/mol. The molecule has 1 aromatic heterocycles. The number of nitrogens with zero attached hydrogens (tertiary/aromatic N) is 1. The summed E-state index contributed by atoms with van der Waals surface area (Å²) >= 11 is 1.59. The van der Waals surface area contributed by atoms with E-state index < -0.39 is 18.1 Å². The van der Waals surface area contributed by atoms with Gasteiger partial charge in [-0.15, -0.1) is 11.3 Å². The Morgan fingerprint density at radius 1 is 1.06 bits per heavy atom. The molecule has 8 heteroatoms. The molecular weight excluding hydrogens is 452 g/mol. The fourth-order valence-corrected chi connectivity index (χ4v) is 4.99. The molecule has 34 heavy (non-hydrogen) atoms. The molecule has 0 spiro atoms. The van der Waals surface area contributed by atoms with Gasteiger partial charge >= 0.3 is 5.97 Å². The zero-order chi connectivity index (χ0) is 24.1. The molecule has 2 aliphatic heterocycles. The summed E-state index contributed by atoms with van der Waals surface area (Å²) in [5.74, 6) is -1.03. The molecule has 176 valence electrons. The van der Waals surface area contributed by atoms with Gasteiger partial charge in [0.05, 0.1) is 17.7 Å². The van der Waals surface area contributed by atoms with Gasteiger partial charge in [-0.2, -0.15) is 0 Å². The number of carbonyl (C=O) groups is 3. The van der Waals surface area contributed by atoms with Crippen molar-refractivity contribution in [2.24, 2.45) is 5.73 Å². The second-order valence-corrected chi connectivity index (χ2v) is 9.25. The molecule has 1 amide bonds. The molecule has 0 saturated carbocycles. The van der Waals surface area contributed by atoms with Gasteiger partial charge in [-0.1, -0.05) is 48.5 Å². The molecule has 0 aliphatic carbocycles. The number of Topliss-reactive ketones (excluding diaryl/α,β-unsaturated/α-hetero) is 1. The second-order valence-electron chi connectivity index (χ2n) is 8.22. The van der Waals surface area contributed by atoms with E-state index >= 15 is 0 Å². The second kappa shape index (κ2) is 10.7. The summed E-state index contributed by atoms with van der Waals surface area (Å²) < 4.78 is 5.37. The quantitative estimate of drug-likeness (QED) is 0.583. The van der Waals surface area contributed by atoms with Crippen molar-refractivity contribution in [2.75, 3.05) is 13.2 Å². The minimum atomic E-state index is -0.894. The number of nitrogens with two attached hydrogens (primary N) is 1. The van der Waals surface area contributed by atoms with Gasteiger partial charge in [0.2, 0.25) is 5.91 Å². The molecule has 2 fully saturated rings. The number of rotatable bonds is 5. The molecule has 3 N–H and O–H groups in total. The number of hydrogen-bond donors (Lipinski definition) is 2. The van der Waals surface area contributed by atoms with Crippen molar-refractivity contribution in [3.63, 3.8) is 0 Å². The largest absolute Gasteiger partial charge is 0.478 e. The molecule has 3 unspecified atom stereocenters. The van der Waals surface area contributed by atoms with E-state index in [0.717, 1.165) is 22.4 Å². The highest BCUT2D eigenvalue weighted by atomic mass is 32.1. The number of hydrogen-bond acceptors (Lipinski definition) is 6. The van der Waals surface area contributed by atoms with E-state index in [1.165, 1.54) is 0 Å². The minimum Gasteiger partial charge on any atom is -0.478 e. The van der Waals surface area contributed by atoms with Crippen LogP contribution in [0.3, 0.4) is 0 Å². The lowest BCUT2D eigenvalue weighted by Crippen LogP contribution is -2.50. The molecule has 0 radical (unpaired) electrons. The lowest BCUT2D eigenvalue weighted by molar-refractivity contribution is -0.137. The maximum absolute atomic E-state index is 12.4. The summed E-state index contributed by atoms with van der Waals surface area (Å²) in [5, 5.41) is 10.7. The first-order chi connectivity index (χ1) is 16.4. The first-order valence-corrected chi connectivity index (χ1v) is 11.9. The highest BCUT2D eigenvalue weighted by molar-refractivity contribution is 7.09. The Balaban J connectivity index is 0.000000166. The molecule has 7 nitrogen and oxygen atoms in total. The zero-order valence-electron chi connectivity index (χ0n) is 18.5. The van der Waals surface area contributed by atoms with Crippen molar-refractivity contribution in [3.8, 4) is 11.1 Å². The van der Waals surface area contributed by atoms with Crippen LogP contribution < -0.4 is 5.73 Å². The van der Waals surface area contributed by atoms with Crippen LogP contribution in [-0.4, -0.2) is 59.0 Å². The van der Waals surface area contributed by atoms with E-state index in [1.807, 2.05) is 60.0 Å². The van der Waals surface area contributed by atoms with Crippen molar-refractivity contribution in [2.45, 2.75) is 31.0 Å². The van der Waals surface area contributed by atoms with Crippen LogP contribution in [0.2, 0.25) is 0 Å². The van der Waals surface area contributed by atoms with E-state index in [1.54, 1.807) is 28.4 Å². The number of ketones is 1. The Morgan fingerprint density at radius 3 is 2.41 bits per heavy atom. The van der Waals surface area contributed by atoms with Crippen LogP contribution in [0, 0.1) is 0 Å². The van der Waals surface area contributed by atoms with Crippen molar-refractivity contribution in [1.29, 1.82) is 0 Å². The lowest BCUT2D eigenvalue weighted by atomic mass is 10.0. The third-order valence-electron chi connectivity index (χ3n) is 5.95. The Labute approximate surface area is 201 Å². The number of benzene rings is 2. The number of carboxylic acids is 1. The predicted octanol–water partition coefficient (Wildman–Crippen LogP) is 3.24. The van der Waals surface area contributed by atoms with E-state index in [0.29, 0.717) is 18.5 Å².